The molecule has 0 amide bonds. The minimum atomic E-state index is 0.456. The summed E-state index contributed by atoms with van der Waals surface area (Å²) in [5, 5.41) is 0. The van der Waals surface area contributed by atoms with Crippen molar-refractivity contribution in [3.05, 3.63) is 60.7 Å². The Kier molecular flexibility index (Phi) is 4.03. The summed E-state index contributed by atoms with van der Waals surface area (Å²) in [6.07, 6.45) is 0. The summed E-state index contributed by atoms with van der Waals surface area (Å²) in [5.41, 5.74) is 25.0. The standard InChI is InChI=1S/C18H18N4O2/c19-13-7-5-11(9-15(13)21)23-17-3-1-2-4-18(17)24-12-6-8-14(20)16(22)10-12/h1-10H,19-22H2. The molecule has 0 heterocycles. The molecule has 3 aromatic rings. The molecule has 0 saturated heterocycles. The van der Waals surface area contributed by atoms with Gasteiger partial charge in [-0.1, -0.05) is 12.1 Å². The lowest BCUT2D eigenvalue weighted by Crippen LogP contribution is -1.96. The van der Waals surface area contributed by atoms with Crippen molar-refractivity contribution in [3.8, 4) is 23.0 Å². The van der Waals surface area contributed by atoms with Crippen LogP contribution in [-0.2, 0) is 0 Å². The zero-order valence-electron chi connectivity index (χ0n) is 12.9. The Labute approximate surface area is 139 Å². The summed E-state index contributed by atoms with van der Waals surface area (Å²) in [7, 11) is 0. The molecule has 0 unspecified atom stereocenters. The van der Waals surface area contributed by atoms with E-state index in [1.54, 1.807) is 48.5 Å². The van der Waals surface area contributed by atoms with Crippen LogP contribution in [0.3, 0.4) is 0 Å². The highest BCUT2D eigenvalue weighted by atomic mass is 16.5. The molecule has 0 aliphatic carbocycles. The lowest BCUT2D eigenvalue weighted by Gasteiger charge is -2.13. The molecule has 0 fully saturated rings. The molecule has 0 saturated carbocycles. The molecule has 122 valence electrons. The Morgan fingerprint density at radius 1 is 0.500 bits per heavy atom. The fraction of sp³-hybridized carbons (Fsp3) is 0. The molecule has 0 aromatic heterocycles. The van der Waals surface area contributed by atoms with Gasteiger partial charge in [0.1, 0.15) is 11.5 Å². The van der Waals surface area contributed by atoms with Crippen molar-refractivity contribution < 1.29 is 9.47 Å². The second-order valence-electron chi connectivity index (χ2n) is 5.23. The molecule has 24 heavy (non-hydrogen) atoms. The van der Waals surface area contributed by atoms with Gasteiger partial charge in [0, 0.05) is 12.1 Å². The summed E-state index contributed by atoms with van der Waals surface area (Å²) in [6.45, 7) is 0. The van der Waals surface area contributed by atoms with Crippen LogP contribution in [0.5, 0.6) is 23.0 Å². The zero-order valence-corrected chi connectivity index (χ0v) is 12.9. The van der Waals surface area contributed by atoms with Crippen molar-refractivity contribution >= 4 is 22.7 Å². The fourth-order valence-electron chi connectivity index (χ4n) is 2.11. The third-order valence-electron chi connectivity index (χ3n) is 3.42. The normalized spacial score (nSPS) is 10.3. The van der Waals surface area contributed by atoms with Crippen molar-refractivity contribution in [2.24, 2.45) is 0 Å². The molecule has 0 bridgehead atoms. The minimum absolute atomic E-state index is 0.456. The Morgan fingerprint density at radius 2 is 0.917 bits per heavy atom. The topological polar surface area (TPSA) is 123 Å². The van der Waals surface area contributed by atoms with Gasteiger partial charge in [-0.05, 0) is 36.4 Å². The molecular formula is C18H18N4O2. The van der Waals surface area contributed by atoms with E-state index < -0.39 is 0 Å². The zero-order chi connectivity index (χ0) is 17.1. The maximum Gasteiger partial charge on any atom is 0.169 e. The highest BCUT2D eigenvalue weighted by Crippen LogP contribution is 2.36. The van der Waals surface area contributed by atoms with Gasteiger partial charge in [0.05, 0.1) is 22.7 Å². The molecule has 6 heteroatoms. The predicted octanol–water partition coefficient (Wildman–Crippen LogP) is 3.60. The monoisotopic (exact) mass is 322 g/mol. The van der Waals surface area contributed by atoms with Gasteiger partial charge in [-0.2, -0.15) is 0 Å². The Balaban J connectivity index is 1.87. The van der Waals surface area contributed by atoms with Crippen LogP contribution in [-0.4, -0.2) is 0 Å². The maximum atomic E-state index is 5.86. The first kappa shape index (κ1) is 15.4. The van der Waals surface area contributed by atoms with Crippen LogP contribution in [0.1, 0.15) is 0 Å². The smallest absolute Gasteiger partial charge is 0.169 e. The number of hydrogen-bond donors (Lipinski definition) is 4. The summed E-state index contributed by atoms with van der Waals surface area (Å²) < 4.78 is 11.7. The Hall–Kier alpha value is -3.54. The number of para-hydroxylation sites is 2. The van der Waals surface area contributed by atoms with Gasteiger partial charge in [-0.3, -0.25) is 0 Å². The number of nitrogens with two attached hydrogens (primary N) is 4. The third kappa shape index (κ3) is 3.27. The largest absolute Gasteiger partial charge is 0.453 e. The number of nitrogen functional groups attached to an aromatic ring is 4. The highest BCUT2D eigenvalue weighted by molar-refractivity contribution is 5.66. The first-order valence-corrected chi connectivity index (χ1v) is 7.27. The van der Waals surface area contributed by atoms with Crippen LogP contribution >= 0.6 is 0 Å². The molecule has 0 aliphatic rings. The first-order valence-electron chi connectivity index (χ1n) is 7.27. The third-order valence-corrected chi connectivity index (χ3v) is 3.42. The van der Waals surface area contributed by atoms with Crippen molar-refractivity contribution in [2.75, 3.05) is 22.9 Å². The van der Waals surface area contributed by atoms with E-state index >= 15 is 0 Å². The predicted molar refractivity (Wildman–Crippen MR) is 97.1 cm³/mol. The van der Waals surface area contributed by atoms with Crippen molar-refractivity contribution in [3.63, 3.8) is 0 Å². The average molecular weight is 322 g/mol. The van der Waals surface area contributed by atoms with Gasteiger partial charge in [-0.15, -0.1) is 0 Å². The SMILES string of the molecule is Nc1ccc(Oc2ccccc2Oc2ccc(N)c(N)c2)cc1N. The summed E-state index contributed by atoms with van der Waals surface area (Å²) in [4.78, 5) is 0. The number of hydrogen-bond acceptors (Lipinski definition) is 6. The molecule has 0 spiro atoms. The van der Waals surface area contributed by atoms with Crippen LogP contribution in [0, 0.1) is 0 Å². The fourth-order valence-corrected chi connectivity index (χ4v) is 2.11. The van der Waals surface area contributed by atoms with Crippen molar-refractivity contribution in [2.45, 2.75) is 0 Å². The number of ether oxygens (including phenoxy) is 2. The van der Waals surface area contributed by atoms with E-state index in [1.165, 1.54) is 0 Å². The summed E-state index contributed by atoms with van der Waals surface area (Å²) >= 11 is 0. The lowest BCUT2D eigenvalue weighted by atomic mass is 10.2. The van der Waals surface area contributed by atoms with Crippen LogP contribution in [0.2, 0.25) is 0 Å². The summed E-state index contributed by atoms with van der Waals surface area (Å²) in [5.74, 6) is 2.21. The molecule has 0 aliphatic heterocycles. The Morgan fingerprint density at radius 3 is 1.29 bits per heavy atom. The van der Waals surface area contributed by atoms with Crippen LogP contribution in [0.25, 0.3) is 0 Å². The van der Waals surface area contributed by atoms with Crippen LogP contribution < -0.4 is 32.4 Å². The van der Waals surface area contributed by atoms with Gasteiger partial charge in [0.2, 0.25) is 0 Å². The van der Waals surface area contributed by atoms with E-state index in [0.29, 0.717) is 45.7 Å². The van der Waals surface area contributed by atoms with E-state index in [2.05, 4.69) is 0 Å². The summed E-state index contributed by atoms with van der Waals surface area (Å²) in [6, 6.07) is 17.5. The first-order chi connectivity index (χ1) is 11.5. The second-order valence-corrected chi connectivity index (χ2v) is 5.23. The average Bonchev–Trinajstić information content (AvgIpc) is 2.56. The van der Waals surface area contributed by atoms with E-state index in [9.17, 15) is 0 Å². The highest BCUT2D eigenvalue weighted by Gasteiger charge is 2.09. The van der Waals surface area contributed by atoms with Crippen LogP contribution in [0.15, 0.2) is 60.7 Å². The number of rotatable bonds is 4. The lowest BCUT2D eigenvalue weighted by molar-refractivity contribution is 0.419. The number of benzene rings is 3. The van der Waals surface area contributed by atoms with Gasteiger partial charge >= 0.3 is 0 Å². The van der Waals surface area contributed by atoms with E-state index in [4.69, 9.17) is 32.4 Å². The van der Waals surface area contributed by atoms with Crippen molar-refractivity contribution in [1.29, 1.82) is 0 Å². The quantitative estimate of drug-likeness (QED) is 0.544. The van der Waals surface area contributed by atoms with E-state index in [-0.39, 0.29) is 0 Å². The van der Waals surface area contributed by atoms with Gasteiger partial charge < -0.3 is 32.4 Å². The molecule has 8 N–H and O–H groups in total. The van der Waals surface area contributed by atoms with Gasteiger partial charge in [-0.25, -0.2) is 0 Å². The number of anilines is 4. The molecule has 6 nitrogen and oxygen atoms in total. The van der Waals surface area contributed by atoms with Gasteiger partial charge in [0.15, 0.2) is 11.5 Å². The molecule has 0 atom stereocenters. The molecule has 3 aromatic carbocycles. The maximum absolute atomic E-state index is 5.86. The molecular weight excluding hydrogens is 304 g/mol. The van der Waals surface area contributed by atoms with E-state index in [1.807, 2.05) is 12.1 Å². The minimum Gasteiger partial charge on any atom is -0.453 e. The molecule has 3 rings (SSSR count). The van der Waals surface area contributed by atoms with E-state index in [0.717, 1.165) is 0 Å². The Bertz CT molecular complexity index is 808. The van der Waals surface area contributed by atoms with Gasteiger partial charge in [0.25, 0.3) is 0 Å². The van der Waals surface area contributed by atoms with Crippen LogP contribution in [0.4, 0.5) is 22.7 Å². The van der Waals surface area contributed by atoms with Crippen molar-refractivity contribution in [1.82, 2.24) is 0 Å². The molecule has 0 radical (unpaired) electrons. The second kappa shape index (κ2) is 6.29.